The number of carbonyl (C=O) groups excluding carboxylic acids is 1. The third kappa shape index (κ3) is 6.07. The van der Waals surface area contributed by atoms with Crippen LogP contribution in [0.4, 0.5) is 19.5 Å². The number of carbonyl (C=O) groups is 1. The minimum atomic E-state index is -0.658. The minimum Gasteiger partial charge on any atom is -0.442 e. The zero-order valence-electron chi connectivity index (χ0n) is 21.8. The molecule has 0 aliphatic carbocycles. The SMILES string of the molecule is CC(C)(C)OC(=O)n1ncc2cc(C#Cc3ccnc(-c4ccnc(NCc5c(F)cccc5F)n4)n3)ccc21. The van der Waals surface area contributed by atoms with Crippen LogP contribution in [0.15, 0.2) is 67.1 Å². The highest BCUT2D eigenvalue weighted by Crippen LogP contribution is 2.19. The fraction of sp³-hybridized carbons (Fsp3) is 0.172. The van der Waals surface area contributed by atoms with Crippen molar-refractivity contribution >= 4 is 22.9 Å². The second-order valence-electron chi connectivity index (χ2n) is 9.65. The molecule has 0 atom stereocenters. The molecule has 0 saturated carbocycles. The van der Waals surface area contributed by atoms with Gasteiger partial charge < -0.3 is 10.1 Å². The molecular formula is C29H23F2N7O2. The lowest BCUT2D eigenvalue weighted by atomic mass is 10.1. The van der Waals surface area contributed by atoms with E-state index in [2.05, 4.69) is 42.2 Å². The molecule has 0 amide bonds. The van der Waals surface area contributed by atoms with Crippen molar-refractivity contribution < 1.29 is 18.3 Å². The molecule has 0 aliphatic rings. The number of nitrogens with zero attached hydrogens (tertiary/aromatic N) is 6. The van der Waals surface area contributed by atoms with Gasteiger partial charge in [0.05, 0.1) is 11.7 Å². The van der Waals surface area contributed by atoms with Gasteiger partial charge >= 0.3 is 6.09 Å². The molecule has 0 bridgehead atoms. The largest absolute Gasteiger partial charge is 0.442 e. The maximum Gasteiger partial charge on any atom is 0.435 e. The van der Waals surface area contributed by atoms with Crippen LogP contribution < -0.4 is 5.32 Å². The van der Waals surface area contributed by atoms with Gasteiger partial charge in [0.2, 0.25) is 5.95 Å². The first kappa shape index (κ1) is 26.4. The van der Waals surface area contributed by atoms with Crippen molar-refractivity contribution in [1.82, 2.24) is 29.7 Å². The number of anilines is 1. The molecule has 0 radical (unpaired) electrons. The number of ether oxygens (including phenoxy) is 1. The van der Waals surface area contributed by atoms with Gasteiger partial charge in [0.1, 0.15) is 28.6 Å². The Labute approximate surface area is 228 Å². The lowest BCUT2D eigenvalue weighted by Crippen LogP contribution is -2.27. The summed E-state index contributed by atoms with van der Waals surface area (Å²) < 4.78 is 34.5. The van der Waals surface area contributed by atoms with E-state index >= 15 is 0 Å². The van der Waals surface area contributed by atoms with Gasteiger partial charge in [-0.25, -0.2) is 33.5 Å². The molecule has 0 aliphatic heterocycles. The molecule has 3 aromatic heterocycles. The molecule has 5 rings (SSSR count). The van der Waals surface area contributed by atoms with Crippen molar-refractivity contribution in [1.29, 1.82) is 0 Å². The Bertz CT molecular complexity index is 1760. The van der Waals surface area contributed by atoms with Crippen molar-refractivity contribution in [2.24, 2.45) is 0 Å². The van der Waals surface area contributed by atoms with Crippen LogP contribution in [0, 0.1) is 23.5 Å². The van der Waals surface area contributed by atoms with Crippen molar-refractivity contribution in [2.75, 3.05) is 5.32 Å². The number of fused-ring (bicyclic) bond motifs is 1. The van der Waals surface area contributed by atoms with Crippen LogP contribution in [0.2, 0.25) is 0 Å². The molecule has 11 heteroatoms. The summed E-state index contributed by atoms with van der Waals surface area (Å²) in [5.41, 5.74) is 1.42. The van der Waals surface area contributed by atoms with Crippen LogP contribution in [-0.2, 0) is 11.3 Å². The number of hydrogen-bond acceptors (Lipinski definition) is 8. The predicted molar refractivity (Wildman–Crippen MR) is 144 cm³/mol. The number of rotatable bonds is 4. The molecule has 3 heterocycles. The minimum absolute atomic E-state index is 0.111. The summed E-state index contributed by atoms with van der Waals surface area (Å²) in [6.07, 6.45) is 4.08. The highest BCUT2D eigenvalue weighted by Gasteiger charge is 2.20. The molecule has 9 nitrogen and oxygen atoms in total. The smallest absolute Gasteiger partial charge is 0.435 e. The molecule has 0 saturated heterocycles. The fourth-order valence-electron chi connectivity index (χ4n) is 3.69. The normalized spacial score (nSPS) is 11.1. The Hall–Kier alpha value is -5.24. The Kier molecular flexibility index (Phi) is 7.16. The van der Waals surface area contributed by atoms with E-state index in [0.29, 0.717) is 28.3 Å². The predicted octanol–water partition coefficient (Wildman–Crippen LogP) is 5.36. The molecule has 0 spiro atoms. The number of benzene rings is 2. The van der Waals surface area contributed by atoms with Crippen molar-refractivity contribution in [3.8, 4) is 23.4 Å². The monoisotopic (exact) mass is 539 g/mol. The average Bonchev–Trinajstić information content (AvgIpc) is 3.35. The average molecular weight is 540 g/mol. The third-order valence-electron chi connectivity index (χ3n) is 5.49. The van der Waals surface area contributed by atoms with Crippen molar-refractivity contribution in [2.45, 2.75) is 32.9 Å². The van der Waals surface area contributed by atoms with Crippen LogP contribution >= 0.6 is 0 Å². The molecule has 0 unspecified atom stereocenters. The Balaban J connectivity index is 1.32. The van der Waals surface area contributed by atoms with Gasteiger partial charge in [-0.15, -0.1) is 0 Å². The Morgan fingerprint density at radius 2 is 1.77 bits per heavy atom. The van der Waals surface area contributed by atoms with Gasteiger partial charge in [-0.3, -0.25) is 0 Å². The van der Waals surface area contributed by atoms with E-state index in [9.17, 15) is 13.6 Å². The van der Waals surface area contributed by atoms with Crippen LogP contribution in [0.5, 0.6) is 0 Å². The third-order valence-corrected chi connectivity index (χ3v) is 5.49. The van der Waals surface area contributed by atoms with Gasteiger partial charge in [-0.1, -0.05) is 12.0 Å². The Morgan fingerprint density at radius 1 is 1.00 bits per heavy atom. The van der Waals surface area contributed by atoms with Crippen molar-refractivity contribution in [3.63, 3.8) is 0 Å². The van der Waals surface area contributed by atoms with Gasteiger partial charge in [-0.05, 0) is 69.2 Å². The van der Waals surface area contributed by atoms with E-state index in [1.54, 1.807) is 57.4 Å². The summed E-state index contributed by atoms with van der Waals surface area (Å²) in [5.74, 6) is 5.23. The van der Waals surface area contributed by atoms with Crippen LogP contribution in [0.3, 0.4) is 0 Å². The number of halogens is 2. The van der Waals surface area contributed by atoms with Gasteiger partial charge in [-0.2, -0.15) is 9.78 Å². The topological polar surface area (TPSA) is 108 Å². The summed E-state index contributed by atoms with van der Waals surface area (Å²) in [4.78, 5) is 29.6. The van der Waals surface area contributed by atoms with Crippen LogP contribution in [0.25, 0.3) is 22.4 Å². The quantitative estimate of drug-likeness (QED) is 0.304. The molecule has 40 heavy (non-hydrogen) atoms. The van der Waals surface area contributed by atoms with E-state index in [0.717, 1.165) is 5.39 Å². The second-order valence-corrected chi connectivity index (χ2v) is 9.65. The molecular weight excluding hydrogens is 516 g/mol. The molecule has 2 aromatic carbocycles. The van der Waals surface area contributed by atoms with Crippen molar-refractivity contribution in [3.05, 3.63) is 95.6 Å². The lowest BCUT2D eigenvalue weighted by Gasteiger charge is -2.19. The number of nitrogens with one attached hydrogen (secondary N) is 1. The highest BCUT2D eigenvalue weighted by molar-refractivity contribution is 5.88. The standard InChI is InChI=1S/C29H23F2N7O2/c1-29(2,3)40-28(39)38-25-10-8-18(15-19(25)16-35-38)7-9-20-11-13-32-26(36-20)24-12-14-33-27(37-24)34-17-21-22(30)5-4-6-23(21)31/h4-6,8,10-16H,17H2,1-3H3,(H,33,34,37). The maximum atomic E-state index is 13.9. The lowest BCUT2D eigenvalue weighted by molar-refractivity contribution is 0.0522. The summed E-state index contributed by atoms with van der Waals surface area (Å²) in [7, 11) is 0. The van der Waals surface area contributed by atoms with Crippen LogP contribution in [0.1, 0.15) is 37.6 Å². The summed E-state index contributed by atoms with van der Waals surface area (Å²) in [5, 5.41) is 7.71. The first-order valence-corrected chi connectivity index (χ1v) is 12.2. The van der Waals surface area contributed by atoms with E-state index in [-0.39, 0.29) is 18.1 Å². The molecule has 0 fully saturated rings. The van der Waals surface area contributed by atoms with Crippen LogP contribution in [-0.4, -0.2) is 41.4 Å². The second kappa shape index (κ2) is 10.9. The van der Waals surface area contributed by atoms with Gasteiger partial charge in [0.25, 0.3) is 0 Å². The highest BCUT2D eigenvalue weighted by atomic mass is 19.1. The van der Waals surface area contributed by atoms with E-state index in [4.69, 9.17) is 4.74 Å². The first-order valence-electron chi connectivity index (χ1n) is 12.2. The van der Waals surface area contributed by atoms with E-state index in [1.807, 2.05) is 6.07 Å². The fourth-order valence-corrected chi connectivity index (χ4v) is 3.69. The maximum absolute atomic E-state index is 13.9. The van der Waals surface area contributed by atoms with E-state index in [1.165, 1.54) is 29.1 Å². The van der Waals surface area contributed by atoms with E-state index < -0.39 is 23.3 Å². The molecule has 200 valence electrons. The number of aromatic nitrogens is 6. The van der Waals surface area contributed by atoms with Gasteiger partial charge in [0.15, 0.2) is 5.82 Å². The molecule has 5 aromatic rings. The Morgan fingerprint density at radius 3 is 2.55 bits per heavy atom. The van der Waals surface area contributed by atoms with Gasteiger partial charge in [0, 0.05) is 35.5 Å². The summed E-state index contributed by atoms with van der Waals surface area (Å²) in [6, 6.07) is 12.3. The molecule has 1 N–H and O–H groups in total. The summed E-state index contributed by atoms with van der Waals surface area (Å²) >= 11 is 0. The first-order chi connectivity index (χ1) is 19.2. The summed E-state index contributed by atoms with van der Waals surface area (Å²) in [6.45, 7) is 5.25. The zero-order valence-corrected chi connectivity index (χ0v) is 21.8. The zero-order chi connectivity index (χ0) is 28.3. The number of hydrogen-bond donors (Lipinski definition) is 1.